The first-order valence-corrected chi connectivity index (χ1v) is 7.05. The number of carbonyl (C=O) groups excluding carboxylic acids is 1. The van der Waals surface area contributed by atoms with Crippen LogP contribution in [0.1, 0.15) is 42.6 Å². The van der Waals surface area contributed by atoms with Gasteiger partial charge in [-0.05, 0) is 25.0 Å². The molecule has 2 rings (SSSR count). The third-order valence-electron chi connectivity index (χ3n) is 3.82. The van der Waals surface area contributed by atoms with Crippen molar-refractivity contribution < 1.29 is 9.90 Å². The lowest BCUT2D eigenvalue weighted by molar-refractivity contribution is 0.0715. The summed E-state index contributed by atoms with van der Waals surface area (Å²) in [6.07, 6.45) is 5.38. The number of aliphatic hydroxyl groups excluding tert-OH is 1. The highest BCUT2D eigenvalue weighted by molar-refractivity contribution is 6.29. The van der Waals surface area contributed by atoms with Gasteiger partial charge in [0.15, 0.2) is 0 Å². The smallest absolute Gasteiger partial charge is 0.269 e. The largest absolute Gasteiger partial charge is 0.396 e. The molecule has 1 saturated carbocycles. The van der Waals surface area contributed by atoms with Gasteiger partial charge >= 0.3 is 0 Å². The molecule has 19 heavy (non-hydrogen) atoms. The van der Waals surface area contributed by atoms with Crippen LogP contribution in [0.15, 0.2) is 18.2 Å². The Hall–Kier alpha value is -1.13. The van der Waals surface area contributed by atoms with Crippen molar-refractivity contribution in [3.63, 3.8) is 0 Å². The van der Waals surface area contributed by atoms with E-state index < -0.39 is 0 Å². The second-order valence-corrected chi connectivity index (χ2v) is 5.63. The topological polar surface area (TPSA) is 62.2 Å². The Labute approximate surface area is 118 Å². The molecule has 1 aromatic heterocycles. The summed E-state index contributed by atoms with van der Waals surface area (Å²) in [7, 11) is 0. The van der Waals surface area contributed by atoms with E-state index >= 15 is 0 Å². The van der Waals surface area contributed by atoms with E-state index in [0.29, 0.717) is 17.4 Å². The molecule has 0 aliphatic heterocycles. The normalized spacial score (nSPS) is 18.0. The monoisotopic (exact) mass is 282 g/mol. The van der Waals surface area contributed by atoms with Crippen LogP contribution in [0.2, 0.25) is 5.15 Å². The fraction of sp³-hybridized carbons (Fsp3) is 0.571. The molecule has 1 aliphatic rings. The lowest BCUT2D eigenvalue weighted by Crippen LogP contribution is -2.41. The maximum Gasteiger partial charge on any atom is 0.269 e. The van der Waals surface area contributed by atoms with Gasteiger partial charge in [-0.25, -0.2) is 4.98 Å². The second kappa shape index (κ2) is 6.35. The van der Waals surface area contributed by atoms with Crippen molar-refractivity contribution in [1.29, 1.82) is 0 Å². The minimum atomic E-state index is -0.235. The van der Waals surface area contributed by atoms with Crippen LogP contribution in [0.25, 0.3) is 0 Å². The van der Waals surface area contributed by atoms with Crippen LogP contribution >= 0.6 is 11.6 Å². The van der Waals surface area contributed by atoms with E-state index in [0.717, 1.165) is 25.7 Å². The Kier molecular flexibility index (Phi) is 4.77. The van der Waals surface area contributed by atoms with Crippen LogP contribution in [0.3, 0.4) is 0 Å². The summed E-state index contributed by atoms with van der Waals surface area (Å²) in [4.78, 5) is 16.0. The first-order chi connectivity index (χ1) is 9.15. The van der Waals surface area contributed by atoms with Gasteiger partial charge in [-0.2, -0.15) is 0 Å². The standard InChI is InChI=1S/C14H19ClN2O2/c15-12-6-4-5-11(17-12)13(19)16-9-14(10-18)7-2-1-3-8-14/h4-6,18H,1-3,7-10H2,(H,16,19). The highest BCUT2D eigenvalue weighted by Crippen LogP contribution is 2.35. The lowest BCUT2D eigenvalue weighted by Gasteiger charge is -2.35. The van der Waals surface area contributed by atoms with Crippen molar-refractivity contribution in [2.45, 2.75) is 32.1 Å². The zero-order valence-corrected chi connectivity index (χ0v) is 11.6. The molecule has 0 radical (unpaired) electrons. The highest BCUT2D eigenvalue weighted by Gasteiger charge is 2.31. The molecule has 104 valence electrons. The summed E-state index contributed by atoms with van der Waals surface area (Å²) in [5.74, 6) is -0.235. The maximum absolute atomic E-state index is 12.0. The zero-order valence-electron chi connectivity index (χ0n) is 10.9. The molecule has 4 nitrogen and oxygen atoms in total. The Morgan fingerprint density at radius 1 is 1.37 bits per heavy atom. The molecule has 0 saturated heterocycles. The van der Waals surface area contributed by atoms with Crippen LogP contribution < -0.4 is 5.32 Å². The highest BCUT2D eigenvalue weighted by atomic mass is 35.5. The van der Waals surface area contributed by atoms with E-state index in [2.05, 4.69) is 10.3 Å². The summed E-state index contributed by atoms with van der Waals surface area (Å²) >= 11 is 5.76. The number of halogens is 1. The van der Waals surface area contributed by atoms with Crippen LogP contribution in [-0.4, -0.2) is 29.1 Å². The minimum absolute atomic E-state index is 0.121. The number of hydrogen-bond acceptors (Lipinski definition) is 3. The Balaban J connectivity index is 1.95. The van der Waals surface area contributed by atoms with Gasteiger partial charge in [0, 0.05) is 12.0 Å². The van der Waals surface area contributed by atoms with Gasteiger partial charge in [-0.1, -0.05) is 36.9 Å². The lowest BCUT2D eigenvalue weighted by atomic mass is 9.74. The van der Waals surface area contributed by atoms with Gasteiger partial charge in [-0.15, -0.1) is 0 Å². The third-order valence-corrected chi connectivity index (χ3v) is 4.03. The zero-order chi connectivity index (χ0) is 13.7. The van der Waals surface area contributed by atoms with Crippen LogP contribution in [0.4, 0.5) is 0 Å². The number of carbonyl (C=O) groups is 1. The molecular formula is C14H19ClN2O2. The fourth-order valence-electron chi connectivity index (χ4n) is 2.59. The first-order valence-electron chi connectivity index (χ1n) is 6.67. The van der Waals surface area contributed by atoms with Gasteiger partial charge in [0.05, 0.1) is 6.61 Å². The summed E-state index contributed by atoms with van der Waals surface area (Å²) in [6, 6.07) is 4.97. The molecule has 1 amide bonds. The van der Waals surface area contributed by atoms with Crippen molar-refractivity contribution in [2.24, 2.45) is 5.41 Å². The molecule has 5 heteroatoms. The molecule has 0 atom stereocenters. The molecule has 1 fully saturated rings. The van der Waals surface area contributed by atoms with Crippen LogP contribution in [-0.2, 0) is 0 Å². The molecule has 0 spiro atoms. The number of aliphatic hydroxyl groups is 1. The first kappa shape index (κ1) is 14.3. The second-order valence-electron chi connectivity index (χ2n) is 5.25. The number of aromatic nitrogens is 1. The van der Waals surface area contributed by atoms with Crippen molar-refractivity contribution in [1.82, 2.24) is 10.3 Å². The van der Waals surface area contributed by atoms with Crippen molar-refractivity contribution >= 4 is 17.5 Å². The van der Waals surface area contributed by atoms with Gasteiger partial charge in [0.1, 0.15) is 10.8 Å². The molecule has 1 heterocycles. The minimum Gasteiger partial charge on any atom is -0.396 e. The predicted molar refractivity (Wildman–Crippen MR) is 74.2 cm³/mol. The van der Waals surface area contributed by atoms with E-state index in [1.54, 1.807) is 18.2 Å². The number of amides is 1. The summed E-state index contributed by atoms with van der Waals surface area (Å²) in [6.45, 7) is 0.618. The van der Waals surface area contributed by atoms with Crippen molar-refractivity contribution in [2.75, 3.05) is 13.2 Å². The number of hydrogen-bond donors (Lipinski definition) is 2. The Bertz CT molecular complexity index is 445. The van der Waals surface area contributed by atoms with Gasteiger partial charge < -0.3 is 10.4 Å². The average molecular weight is 283 g/mol. The van der Waals surface area contributed by atoms with Gasteiger partial charge in [-0.3, -0.25) is 4.79 Å². The Morgan fingerprint density at radius 3 is 2.74 bits per heavy atom. The van der Waals surface area contributed by atoms with Gasteiger partial charge in [0.2, 0.25) is 0 Å². The van der Waals surface area contributed by atoms with E-state index in [9.17, 15) is 9.90 Å². The quantitative estimate of drug-likeness (QED) is 0.834. The molecule has 1 aliphatic carbocycles. The molecule has 0 bridgehead atoms. The third kappa shape index (κ3) is 3.67. The summed E-state index contributed by atoms with van der Waals surface area (Å²) in [5.41, 5.74) is 0.156. The van der Waals surface area contributed by atoms with E-state index in [1.165, 1.54) is 6.42 Å². The van der Waals surface area contributed by atoms with Crippen molar-refractivity contribution in [3.05, 3.63) is 29.0 Å². The van der Waals surface area contributed by atoms with Crippen molar-refractivity contribution in [3.8, 4) is 0 Å². The summed E-state index contributed by atoms with van der Waals surface area (Å²) < 4.78 is 0. The van der Waals surface area contributed by atoms with E-state index in [-0.39, 0.29) is 17.9 Å². The number of pyridine rings is 1. The fourth-order valence-corrected chi connectivity index (χ4v) is 2.75. The number of nitrogens with one attached hydrogen (secondary N) is 1. The number of rotatable bonds is 4. The molecule has 1 aromatic rings. The Morgan fingerprint density at radius 2 is 2.11 bits per heavy atom. The van der Waals surface area contributed by atoms with Gasteiger partial charge in [0.25, 0.3) is 5.91 Å². The van der Waals surface area contributed by atoms with Crippen LogP contribution in [0, 0.1) is 5.41 Å². The molecule has 0 unspecified atom stereocenters. The molecular weight excluding hydrogens is 264 g/mol. The SMILES string of the molecule is O=C(NCC1(CO)CCCCC1)c1cccc(Cl)n1. The summed E-state index contributed by atoms with van der Waals surface area (Å²) in [5, 5.41) is 12.8. The maximum atomic E-state index is 12.0. The average Bonchev–Trinajstić information content (AvgIpc) is 2.46. The molecule has 0 aromatic carbocycles. The predicted octanol–water partition coefficient (Wildman–Crippen LogP) is 2.41. The van der Waals surface area contributed by atoms with Crippen LogP contribution in [0.5, 0.6) is 0 Å². The molecule has 2 N–H and O–H groups in total. The van der Waals surface area contributed by atoms with E-state index in [4.69, 9.17) is 11.6 Å². The number of nitrogens with zero attached hydrogens (tertiary/aromatic N) is 1. The van der Waals surface area contributed by atoms with E-state index in [1.807, 2.05) is 0 Å².